The van der Waals surface area contributed by atoms with Gasteiger partial charge in [-0.15, -0.1) is 0 Å². The van der Waals surface area contributed by atoms with Crippen LogP contribution in [0, 0.1) is 5.82 Å². The van der Waals surface area contributed by atoms with Crippen molar-refractivity contribution in [1.82, 2.24) is 4.31 Å². The van der Waals surface area contributed by atoms with Crippen molar-refractivity contribution in [1.29, 1.82) is 0 Å². The number of methoxy groups -OCH3 is 1. The molecule has 140 valence electrons. The molecule has 5 nitrogen and oxygen atoms in total. The number of aryl methyl sites for hydroxylation is 1. The first-order valence-corrected chi connectivity index (χ1v) is 10.1. The van der Waals surface area contributed by atoms with Gasteiger partial charge in [-0.1, -0.05) is 19.1 Å². The van der Waals surface area contributed by atoms with Gasteiger partial charge in [-0.2, -0.15) is 4.31 Å². The van der Waals surface area contributed by atoms with E-state index in [0.29, 0.717) is 26.2 Å². The molecular weight excluding hydrogens is 355 g/mol. The van der Waals surface area contributed by atoms with Gasteiger partial charge < -0.3 is 9.64 Å². The van der Waals surface area contributed by atoms with Crippen LogP contribution in [0.4, 0.5) is 10.1 Å². The summed E-state index contributed by atoms with van der Waals surface area (Å²) in [5, 5.41) is 0. The van der Waals surface area contributed by atoms with E-state index in [4.69, 9.17) is 4.74 Å². The van der Waals surface area contributed by atoms with Crippen LogP contribution in [-0.2, 0) is 16.4 Å². The van der Waals surface area contributed by atoms with Crippen LogP contribution in [-0.4, -0.2) is 46.0 Å². The predicted molar refractivity (Wildman–Crippen MR) is 99.7 cm³/mol. The zero-order valence-corrected chi connectivity index (χ0v) is 15.8. The highest BCUT2D eigenvalue weighted by Crippen LogP contribution is 2.25. The lowest BCUT2D eigenvalue weighted by atomic mass is 10.1. The molecule has 1 aliphatic heterocycles. The van der Waals surface area contributed by atoms with Crippen LogP contribution in [0.15, 0.2) is 47.4 Å². The first-order chi connectivity index (χ1) is 12.5. The zero-order valence-electron chi connectivity index (χ0n) is 15.0. The Morgan fingerprint density at radius 2 is 1.69 bits per heavy atom. The third kappa shape index (κ3) is 3.68. The fraction of sp³-hybridized carbons (Fsp3) is 0.368. The Morgan fingerprint density at radius 3 is 2.27 bits per heavy atom. The number of nitrogens with zero attached hydrogens (tertiary/aromatic N) is 2. The monoisotopic (exact) mass is 378 g/mol. The van der Waals surface area contributed by atoms with Crippen molar-refractivity contribution < 1.29 is 17.5 Å². The maximum atomic E-state index is 13.6. The molecule has 3 rings (SSSR count). The topological polar surface area (TPSA) is 49.9 Å². The Kier molecular flexibility index (Phi) is 5.48. The maximum absolute atomic E-state index is 13.6. The summed E-state index contributed by atoms with van der Waals surface area (Å²) < 4.78 is 45.5. The van der Waals surface area contributed by atoms with Gasteiger partial charge in [0.2, 0.25) is 10.0 Å². The Labute approximate surface area is 154 Å². The van der Waals surface area contributed by atoms with Crippen molar-refractivity contribution in [2.45, 2.75) is 18.2 Å². The molecular formula is C19H23FN2O3S. The SMILES string of the molecule is CCc1ccc(N2CCN(S(=O)(=O)c3ccc(F)c(OC)c3)CC2)cc1. The predicted octanol–water partition coefficient (Wildman–Crippen LogP) is 2.91. The van der Waals surface area contributed by atoms with Crippen LogP contribution in [0.1, 0.15) is 12.5 Å². The van der Waals surface area contributed by atoms with Gasteiger partial charge in [-0.05, 0) is 36.2 Å². The van der Waals surface area contributed by atoms with E-state index in [2.05, 4.69) is 36.1 Å². The molecule has 0 radical (unpaired) electrons. The molecule has 0 saturated carbocycles. The fourth-order valence-electron chi connectivity index (χ4n) is 3.08. The summed E-state index contributed by atoms with van der Waals surface area (Å²) in [7, 11) is -2.35. The van der Waals surface area contributed by atoms with Crippen molar-refractivity contribution in [2.75, 3.05) is 38.2 Å². The van der Waals surface area contributed by atoms with Crippen molar-refractivity contribution in [3.05, 3.63) is 53.8 Å². The minimum absolute atomic E-state index is 0.0523. The van der Waals surface area contributed by atoms with Gasteiger partial charge in [0.15, 0.2) is 11.6 Å². The van der Waals surface area contributed by atoms with Gasteiger partial charge >= 0.3 is 0 Å². The molecule has 1 saturated heterocycles. The highest BCUT2D eigenvalue weighted by molar-refractivity contribution is 7.89. The summed E-state index contributed by atoms with van der Waals surface area (Å²) in [5.74, 6) is -0.646. The smallest absolute Gasteiger partial charge is 0.243 e. The molecule has 0 bridgehead atoms. The first kappa shape index (κ1) is 18.7. The summed E-state index contributed by atoms with van der Waals surface area (Å²) in [6.07, 6.45) is 0.993. The molecule has 0 N–H and O–H groups in total. The Morgan fingerprint density at radius 1 is 1.04 bits per heavy atom. The number of hydrogen-bond acceptors (Lipinski definition) is 4. The number of piperazine rings is 1. The number of ether oxygens (including phenoxy) is 1. The van der Waals surface area contributed by atoms with Crippen LogP contribution in [0.2, 0.25) is 0 Å². The molecule has 1 fully saturated rings. The summed E-state index contributed by atoms with van der Waals surface area (Å²) in [6, 6.07) is 12.0. The molecule has 2 aromatic carbocycles. The Bertz CT molecular complexity index is 861. The van der Waals surface area contributed by atoms with Crippen LogP contribution >= 0.6 is 0 Å². The number of anilines is 1. The van der Waals surface area contributed by atoms with E-state index in [1.165, 1.54) is 29.1 Å². The van der Waals surface area contributed by atoms with Crippen LogP contribution in [0.25, 0.3) is 0 Å². The van der Waals surface area contributed by atoms with E-state index < -0.39 is 15.8 Å². The molecule has 0 atom stereocenters. The minimum Gasteiger partial charge on any atom is -0.494 e. The molecule has 7 heteroatoms. The van der Waals surface area contributed by atoms with Crippen LogP contribution < -0.4 is 9.64 Å². The van der Waals surface area contributed by atoms with E-state index in [-0.39, 0.29) is 10.6 Å². The van der Waals surface area contributed by atoms with Gasteiger partial charge in [0.1, 0.15) is 0 Å². The largest absolute Gasteiger partial charge is 0.494 e. The van der Waals surface area contributed by atoms with E-state index in [0.717, 1.165) is 18.2 Å². The number of sulfonamides is 1. The second kappa shape index (κ2) is 7.63. The average Bonchev–Trinajstić information content (AvgIpc) is 2.68. The highest BCUT2D eigenvalue weighted by atomic mass is 32.2. The molecule has 26 heavy (non-hydrogen) atoms. The molecule has 0 aliphatic carbocycles. The number of rotatable bonds is 5. The lowest BCUT2D eigenvalue weighted by molar-refractivity contribution is 0.378. The van der Waals surface area contributed by atoms with E-state index >= 15 is 0 Å². The standard InChI is InChI=1S/C19H23FN2O3S/c1-3-15-4-6-16(7-5-15)21-10-12-22(13-11-21)26(23,24)17-8-9-18(20)19(14-17)25-2/h4-9,14H,3,10-13H2,1-2H3. The second-order valence-corrected chi connectivity index (χ2v) is 8.15. The highest BCUT2D eigenvalue weighted by Gasteiger charge is 2.29. The summed E-state index contributed by atoms with van der Waals surface area (Å²) in [6.45, 7) is 4.12. The van der Waals surface area contributed by atoms with Gasteiger partial charge in [-0.25, -0.2) is 12.8 Å². The Hall–Kier alpha value is -2.12. The maximum Gasteiger partial charge on any atom is 0.243 e. The average molecular weight is 378 g/mol. The molecule has 1 heterocycles. The lowest BCUT2D eigenvalue weighted by Crippen LogP contribution is -2.48. The molecule has 0 unspecified atom stereocenters. The quantitative estimate of drug-likeness (QED) is 0.803. The van der Waals surface area contributed by atoms with Gasteiger partial charge in [-0.3, -0.25) is 0 Å². The second-order valence-electron chi connectivity index (χ2n) is 6.21. The zero-order chi connectivity index (χ0) is 18.7. The molecule has 0 spiro atoms. The summed E-state index contributed by atoms with van der Waals surface area (Å²) in [5.41, 5.74) is 2.38. The minimum atomic E-state index is -3.67. The van der Waals surface area contributed by atoms with Crippen molar-refractivity contribution in [3.8, 4) is 5.75 Å². The molecule has 0 aromatic heterocycles. The fourth-order valence-corrected chi connectivity index (χ4v) is 4.52. The van der Waals surface area contributed by atoms with Crippen molar-refractivity contribution in [3.63, 3.8) is 0 Å². The third-order valence-electron chi connectivity index (χ3n) is 4.71. The normalized spacial score (nSPS) is 15.9. The lowest BCUT2D eigenvalue weighted by Gasteiger charge is -2.35. The van der Waals surface area contributed by atoms with Gasteiger partial charge in [0.05, 0.1) is 12.0 Å². The molecule has 2 aromatic rings. The number of halogens is 1. The summed E-state index contributed by atoms with van der Waals surface area (Å²) in [4.78, 5) is 2.23. The van der Waals surface area contributed by atoms with Gasteiger partial charge in [0.25, 0.3) is 0 Å². The summed E-state index contributed by atoms with van der Waals surface area (Å²) >= 11 is 0. The number of hydrogen-bond donors (Lipinski definition) is 0. The van der Waals surface area contributed by atoms with E-state index in [1.54, 1.807) is 0 Å². The van der Waals surface area contributed by atoms with Crippen LogP contribution in [0.3, 0.4) is 0 Å². The van der Waals surface area contributed by atoms with Crippen molar-refractivity contribution >= 4 is 15.7 Å². The Balaban J connectivity index is 1.72. The van der Waals surface area contributed by atoms with Crippen LogP contribution in [0.5, 0.6) is 5.75 Å². The van der Waals surface area contributed by atoms with E-state index in [1.807, 2.05) is 0 Å². The number of benzene rings is 2. The third-order valence-corrected chi connectivity index (χ3v) is 6.60. The van der Waals surface area contributed by atoms with Gasteiger partial charge in [0, 0.05) is 37.9 Å². The van der Waals surface area contributed by atoms with Crippen molar-refractivity contribution in [2.24, 2.45) is 0 Å². The van der Waals surface area contributed by atoms with E-state index in [9.17, 15) is 12.8 Å². The molecule has 0 amide bonds. The molecule has 1 aliphatic rings. The first-order valence-electron chi connectivity index (χ1n) is 8.63.